The van der Waals surface area contributed by atoms with Gasteiger partial charge >= 0.3 is 0 Å². The van der Waals surface area contributed by atoms with Crippen molar-refractivity contribution in [3.8, 4) is 27.4 Å². The lowest BCUT2D eigenvalue weighted by atomic mass is 9.94. The standard InChI is InChI=1S/C22H22N2O3S.C7H15N.C2H6/c1-13(2)22(26)23-18-11-16-14(9-19(18)27-3)6-7-24-15(12-25)10-17(21(16)24)20-5-4-8-28-20;1-7(2)5-4-6-8(7)3;1-2/h4-5,8-13H,6-7H2,1-3H3,(H,23,26);4-6H2,1-3H3;1-2H3. The largest absolute Gasteiger partial charge is 0.495 e. The minimum Gasteiger partial charge on any atom is -0.495 e. The summed E-state index contributed by atoms with van der Waals surface area (Å²) in [4.78, 5) is 27.5. The van der Waals surface area contributed by atoms with E-state index in [-0.39, 0.29) is 11.8 Å². The van der Waals surface area contributed by atoms with Crippen molar-refractivity contribution in [2.24, 2.45) is 5.92 Å². The number of aromatic nitrogens is 1. The summed E-state index contributed by atoms with van der Waals surface area (Å²) >= 11 is 1.65. The van der Waals surface area contributed by atoms with Crippen LogP contribution in [0.2, 0.25) is 0 Å². The number of nitrogens with zero attached hydrogens (tertiary/aromatic N) is 2. The highest BCUT2D eigenvalue weighted by atomic mass is 32.1. The number of anilines is 1. The molecule has 5 rings (SSSR count). The predicted octanol–water partition coefficient (Wildman–Crippen LogP) is 7.37. The van der Waals surface area contributed by atoms with Crippen LogP contribution in [0.4, 0.5) is 5.69 Å². The Morgan fingerprint density at radius 3 is 2.39 bits per heavy atom. The Morgan fingerprint density at radius 1 is 1.16 bits per heavy atom. The van der Waals surface area contributed by atoms with Gasteiger partial charge in [-0.25, -0.2) is 0 Å². The van der Waals surface area contributed by atoms with Gasteiger partial charge in [-0.2, -0.15) is 0 Å². The van der Waals surface area contributed by atoms with Gasteiger partial charge in [0, 0.05) is 34.0 Å². The number of carbonyl (C=O) groups is 2. The van der Waals surface area contributed by atoms with Crippen LogP contribution >= 0.6 is 11.3 Å². The van der Waals surface area contributed by atoms with Crippen LogP contribution in [0.25, 0.3) is 21.7 Å². The number of rotatable bonds is 5. The molecule has 1 saturated heterocycles. The zero-order valence-corrected chi connectivity index (χ0v) is 25.0. The molecule has 2 aliphatic rings. The molecule has 1 aromatic carbocycles. The molecule has 0 radical (unpaired) electrons. The van der Waals surface area contributed by atoms with Gasteiger partial charge in [-0.3, -0.25) is 9.59 Å². The van der Waals surface area contributed by atoms with Gasteiger partial charge in [0.05, 0.1) is 24.2 Å². The molecular weight excluding hydrogens is 494 g/mol. The van der Waals surface area contributed by atoms with Crippen LogP contribution in [0.5, 0.6) is 5.75 Å². The summed E-state index contributed by atoms with van der Waals surface area (Å²) in [5.41, 5.74) is 6.06. The Kier molecular flexibility index (Phi) is 9.96. The average molecular weight is 538 g/mol. The number of amides is 1. The molecule has 1 N–H and O–H groups in total. The number of hydrogen-bond donors (Lipinski definition) is 1. The molecule has 1 amide bonds. The number of fused-ring (bicyclic) bond motifs is 3. The van der Waals surface area contributed by atoms with Crippen molar-refractivity contribution in [3.63, 3.8) is 0 Å². The van der Waals surface area contributed by atoms with E-state index in [1.807, 2.05) is 57.3 Å². The van der Waals surface area contributed by atoms with E-state index in [4.69, 9.17) is 4.74 Å². The predicted molar refractivity (Wildman–Crippen MR) is 160 cm³/mol. The highest BCUT2D eigenvalue weighted by Gasteiger charge is 2.28. The number of carbonyl (C=O) groups excluding carboxylic acids is 2. The van der Waals surface area contributed by atoms with Gasteiger partial charge in [0.25, 0.3) is 0 Å². The van der Waals surface area contributed by atoms with Crippen molar-refractivity contribution in [2.75, 3.05) is 26.0 Å². The van der Waals surface area contributed by atoms with Gasteiger partial charge in [-0.15, -0.1) is 11.3 Å². The molecule has 0 spiro atoms. The van der Waals surface area contributed by atoms with Crippen LogP contribution in [-0.4, -0.2) is 47.9 Å². The third kappa shape index (κ3) is 6.21. The summed E-state index contributed by atoms with van der Waals surface area (Å²) in [6, 6.07) is 10.0. The molecule has 3 aromatic rings. The Bertz CT molecular complexity index is 1240. The molecule has 2 aromatic heterocycles. The highest BCUT2D eigenvalue weighted by molar-refractivity contribution is 7.13. The van der Waals surface area contributed by atoms with Crippen LogP contribution in [0.15, 0.2) is 35.7 Å². The first-order valence-corrected chi connectivity index (χ1v) is 14.5. The number of aldehydes is 1. The second-order valence-electron chi connectivity index (χ2n) is 10.5. The lowest BCUT2D eigenvalue weighted by Gasteiger charge is -2.26. The number of aryl methyl sites for hydroxylation is 1. The first-order valence-electron chi connectivity index (χ1n) is 13.6. The fourth-order valence-corrected chi connectivity index (χ4v) is 5.63. The summed E-state index contributed by atoms with van der Waals surface area (Å²) in [5.74, 6) is 0.463. The third-order valence-corrected chi connectivity index (χ3v) is 8.32. The molecule has 1 fully saturated rings. The summed E-state index contributed by atoms with van der Waals surface area (Å²) < 4.78 is 7.61. The number of ether oxygens (including phenoxy) is 1. The van der Waals surface area contributed by atoms with Crippen molar-refractivity contribution in [1.29, 1.82) is 0 Å². The van der Waals surface area contributed by atoms with Crippen LogP contribution in [0.3, 0.4) is 0 Å². The van der Waals surface area contributed by atoms with Gasteiger partial charge in [0.1, 0.15) is 5.75 Å². The minimum atomic E-state index is -0.132. The van der Waals surface area contributed by atoms with Crippen LogP contribution in [-0.2, 0) is 17.8 Å². The van der Waals surface area contributed by atoms with E-state index in [2.05, 4.69) is 41.7 Å². The van der Waals surface area contributed by atoms with Crippen molar-refractivity contribution < 1.29 is 14.3 Å². The second kappa shape index (κ2) is 12.8. The summed E-state index contributed by atoms with van der Waals surface area (Å²) in [7, 11) is 3.81. The highest BCUT2D eigenvalue weighted by Crippen LogP contribution is 2.44. The van der Waals surface area contributed by atoms with E-state index in [9.17, 15) is 9.59 Å². The average Bonchev–Trinajstić information content (AvgIpc) is 3.64. The smallest absolute Gasteiger partial charge is 0.227 e. The molecule has 206 valence electrons. The first-order chi connectivity index (χ1) is 18.2. The van der Waals surface area contributed by atoms with E-state index in [1.54, 1.807) is 18.4 Å². The zero-order valence-electron chi connectivity index (χ0n) is 24.2. The maximum atomic E-state index is 12.3. The van der Waals surface area contributed by atoms with E-state index in [0.717, 1.165) is 46.5 Å². The van der Waals surface area contributed by atoms with E-state index in [0.29, 0.717) is 22.7 Å². The molecule has 0 bridgehead atoms. The fourth-order valence-electron chi connectivity index (χ4n) is 4.88. The van der Waals surface area contributed by atoms with Gasteiger partial charge < -0.3 is 19.5 Å². The Balaban J connectivity index is 0.000000339. The van der Waals surface area contributed by atoms with Crippen molar-refractivity contribution in [1.82, 2.24) is 9.47 Å². The van der Waals surface area contributed by atoms with Crippen LogP contribution in [0.1, 0.15) is 70.4 Å². The minimum absolute atomic E-state index is 0.0588. The summed E-state index contributed by atoms with van der Waals surface area (Å²) in [6.45, 7) is 14.4. The molecule has 0 unspecified atom stereocenters. The SMILES string of the molecule is CC.CN1CCCC1(C)C.COc1cc2c(cc1NC(=O)C(C)C)-c1c(-c3cccs3)cc(C=O)n1CC2. The van der Waals surface area contributed by atoms with Crippen molar-refractivity contribution in [2.45, 2.75) is 72.9 Å². The molecule has 6 nitrogen and oxygen atoms in total. The number of benzene rings is 1. The quantitative estimate of drug-likeness (QED) is 0.345. The third-order valence-electron chi connectivity index (χ3n) is 7.42. The molecule has 38 heavy (non-hydrogen) atoms. The van der Waals surface area contributed by atoms with Gasteiger partial charge in [0.15, 0.2) is 6.29 Å². The van der Waals surface area contributed by atoms with Crippen molar-refractivity contribution >= 4 is 29.2 Å². The number of thiophene rings is 1. The second-order valence-corrected chi connectivity index (χ2v) is 11.5. The van der Waals surface area contributed by atoms with Gasteiger partial charge in [-0.1, -0.05) is 33.8 Å². The summed E-state index contributed by atoms with van der Waals surface area (Å²) in [5, 5.41) is 5.01. The maximum absolute atomic E-state index is 12.3. The fraction of sp³-hybridized carbons (Fsp3) is 0.484. The molecule has 0 atom stereocenters. The number of likely N-dealkylation sites (tertiary alicyclic amines) is 1. The summed E-state index contributed by atoms with van der Waals surface area (Å²) in [6.07, 6.45) is 4.46. The Morgan fingerprint density at radius 2 is 1.89 bits per heavy atom. The molecular formula is C31H43N3O3S. The monoisotopic (exact) mass is 537 g/mol. The number of methoxy groups -OCH3 is 1. The van der Waals surface area contributed by atoms with Crippen molar-refractivity contribution in [3.05, 3.63) is 47.0 Å². The lowest BCUT2D eigenvalue weighted by Crippen LogP contribution is -2.34. The number of hydrogen-bond acceptors (Lipinski definition) is 5. The molecule has 7 heteroatoms. The van der Waals surface area contributed by atoms with Gasteiger partial charge in [-0.05, 0) is 81.9 Å². The Labute approximate surface area is 232 Å². The van der Waals surface area contributed by atoms with Gasteiger partial charge in [0.2, 0.25) is 5.91 Å². The molecule has 0 aliphatic carbocycles. The normalized spacial score (nSPS) is 15.4. The molecule has 0 saturated carbocycles. The molecule has 4 heterocycles. The Hall–Kier alpha value is -2.90. The first kappa shape index (κ1) is 29.7. The van der Waals surface area contributed by atoms with Crippen LogP contribution in [0, 0.1) is 5.92 Å². The van der Waals surface area contributed by atoms with Crippen LogP contribution < -0.4 is 10.1 Å². The molecule has 2 aliphatic heterocycles. The maximum Gasteiger partial charge on any atom is 0.227 e. The topological polar surface area (TPSA) is 63.6 Å². The van der Waals surface area contributed by atoms with E-state index in [1.165, 1.54) is 19.4 Å². The van der Waals surface area contributed by atoms with E-state index < -0.39 is 0 Å². The number of nitrogens with one attached hydrogen (secondary N) is 1. The van der Waals surface area contributed by atoms with E-state index >= 15 is 0 Å². The lowest BCUT2D eigenvalue weighted by molar-refractivity contribution is -0.118. The zero-order chi connectivity index (χ0) is 28.0.